The van der Waals surface area contributed by atoms with Gasteiger partial charge in [-0.05, 0) is 19.1 Å². The second-order valence-corrected chi connectivity index (χ2v) is 4.19. The number of rotatable bonds is 4. The lowest BCUT2D eigenvalue weighted by Gasteiger charge is -2.06. The molecule has 0 bridgehead atoms. The molecule has 0 radical (unpaired) electrons. The van der Waals surface area contributed by atoms with Gasteiger partial charge in [-0.2, -0.15) is 4.68 Å². The van der Waals surface area contributed by atoms with Crippen LogP contribution >= 0.6 is 0 Å². The number of benzene rings is 1. The van der Waals surface area contributed by atoms with E-state index >= 15 is 0 Å². The molecule has 7 nitrogen and oxygen atoms in total. The van der Waals surface area contributed by atoms with Gasteiger partial charge in [0.05, 0.1) is 5.52 Å². The summed E-state index contributed by atoms with van der Waals surface area (Å²) in [6.45, 7) is 2.83. The second-order valence-electron chi connectivity index (χ2n) is 4.19. The lowest BCUT2D eigenvalue weighted by Crippen LogP contribution is -2.08. The Hall–Kier alpha value is -2.54. The van der Waals surface area contributed by atoms with Gasteiger partial charge in [-0.15, -0.1) is 5.10 Å². The van der Waals surface area contributed by atoms with Crippen molar-refractivity contribution >= 4 is 16.9 Å². The number of anilines is 1. The van der Waals surface area contributed by atoms with Crippen molar-refractivity contribution in [1.29, 1.82) is 0 Å². The lowest BCUT2D eigenvalue weighted by molar-refractivity contribution is 0.128. The van der Waals surface area contributed by atoms with Crippen molar-refractivity contribution in [2.45, 2.75) is 13.5 Å². The summed E-state index contributed by atoms with van der Waals surface area (Å²) in [5.41, 5.74) is 7.48. The van der Waals surface area contributed by atoms with Crippen LogP contribution < -0.4 is 5.73 Å². The highest BCUT2D eigenvalue weighted by atomic mass is 16.5. The Morgan fingerprint density at radius 3 is 2.95 bits per heavy atom. The molecule has 0 saturated carbocycles. The Kier molecular flexibility index (Phi) is 3.26. The molecule has 0 aliphatic carbocycles. The van der Waals surface area contributed by atoms with E-state index in [1.165, 1.54) is 0 Å². The van der Waals surface area contributed by atoms with Gasteiger partial charge in [0, 0.05) is 12.7 Å². The molecule has 2 heterocycles. The van der Waals surface area contributed by atoms with Gasteiger partial charge < -0.3 is 10.5 Å². The highest BCUT2D eigenvalue weighted by Gasteiger charge is 2.09. The zero-order valence-corrected chi connectivity index (χ0v) is 11.0. The molecule has 0 amide bonds. The third-order valence-corrected chi connectivity index (χ3v) is 2.78. The van der Waals surface area contributed by atoms with Crippen LogP contribution in [0.4, 0.5) is 5.82 Å². The molecule has 0 unspecified atom stereocenters. The number of nitrogens with zero attached hydrogens (tertiary/aromatic N) is 5. The number of ether oxygens (including phenoxy) is 1. The van der Waals surface area contributed by atoms with Gasteiger partial charge in [0.15, 0.2) is 11.6 Å². The first-order valence-electron chi connectivity index (χ1n) is 6.30. The third-order valence-electron chi connectivity index (χ3n) is 2.78. The van der Waals surface area contributed by atoms with E-state index in [0.717, 1.165) is 11.0 Å². The van der Waals surface area contributed by atoms with Gasteiger partial charge in [0.25, 0.3) is 0 Å². The van der Waals surface area contributed by atoms with Crippen molar-refractivity contribution < 1.29 is 4.74 Å². The fourth-order valence-corrected chi connectivity index (χ4v) is 1.91. The van der Waals surface area contributed by atoms with E-state index < -0.39 is 0 Å². The van der Waals surface area contributed by atoms with Gasteiger partial charge in [-0.25, -0.2) is 9.97 Å². The smallest absolute Gasteiger partial charge is 0.161 e. The molecule has 0 spiro atoms. The molecule has 0 saturated heterocycles. The quantitative estimate of drug-likeness (QED) is 0.769. The zero-order chi connectivity index (χ0) is 13.9. The maximum Gasteiger partial charge on any atom is 0.161 e. The summed E-state index contributed by atoms with van der Waals surface area (Å²) in [6, 6.07) is 9.32. The first kappa shape index (κ1) is 12.5. The van der Waals surface area contributed by atoms with Crippen LogP contribution in [-0.4, -0.2) is 31.6 Å². The molecule has 0 aliphatic heterocycles. The van der Waals surface area contributed by atoms with Crippen LogP contribution in [0, 0.1) is 0 Å². The Morgan fingerprint density at radius 1 is 1.25 bits per heavy atom. The SMILES string of the molecule is CCOCc1nc(N)cc(-n2nnc3ccccc32)n1. The fraction of sp³-hybridized carbons (Fsp3) is 0.231. The predicted octanol–water partition coefficient (Wildman–Crippen LogP) is 1.33. The molecule has 0 atom stereocenters. The Morgan fingerprint density at radius 2 is 2.10 bits per heavy atom. The number of aromatic nitrogens is 5. The van der Waals surface area contributed by atoms with Crippen LogP contribution in [0.1, 0.15) is 12.7 Å². The zero-order valence-electron chi connectivity index (χ0n) is 11.0. The summed E-state index contributed by atoms with van der Waals surface area (Å²) in [5, 5.41) is 8.21. The van der Waals surface area contributed by atoms with Crippen LogP contribution in [0.2, 0.25) is 0 Å². The third kappa shape index (κ3) is 2.30. The standard InChI is InChI=1S/C13H14N6O/c1-2-20-8-12-15-11(14)7-13(16-12)19-10-6-4-3-5-9(10)17-18-19/h3-7H,2,8H2,1H3,(H2,14,15,16). The number of nitrogens with two attached hydrogens (primary N) is 1. The van der Waals surface area contributed by atoms with Crippen molar-refractivity contribution in [3.63, 3.8) is 0 Å². The second kappa shape index (κ2) is 5.22. The van der Waals surface area contributed by atoms with Gasteiger partial charge in [-0.3, -0.25) is 0 Å². The van der Waals surface area contributed by atoms with Crippen LogP contribution in [0.25, 0.3) is 16.9 Å². The molecule has 1 aromatic carbocycles. The monoisotopic (exact) mass is 270 g/mol. The van der Waals surface area contributed by atoms with Crippen molar-refractivity contribution in [1.82, 2.24) is 25.0 Å². The Balaban J connectivity index is 2.07. The summed E-state index contributed by atoms with van der Waals surface area (Å²) >= 11 is 0. The predicted molar refractivity (Wildman–Crippen MR) is 74.2 cm³/mol. The van der Waals surface area contributed by atoms with E-state index in [0.29, 0.717) is 30.7 Å². The molecule has 20 heavy (non-hydrogen) atoms. The normalized spacial score (nSPS) is 11.1. The first-order chi connectivity index (χ1) is 9.78. The van der Waals surface area contributed by atoms with E-state index in [4.69, 9.17) is 10.5 Å². The minimum absolute atomic E-state index is 0.321. The minimum Gasteiger partial charge on any atom is -0.384 e. The molecule has 2 aromatic heterocycles. The summed E-state index contributed by atoms with van der Waals surface area (Å²) in [4.78, 5) is 8.55. The van der Waals surface area contributed by atoms with Crippen LogP contribution in [-0.2, 0) is 11.3 Å². The van der Waals surface area contributed by atoms with Crippen LogP contribution in [0.3, 0.4) is 0 Å². The summed E-state index contributed by atoms with van der Waals surface area (Å²) in [7, 11) is 0. The van der Waals surface area contributed by atoms with Gasteiger partial charge in [0.2, 0.25) is 0 Å². The molecular weight excluding hydrogens is 256 g/mol. The van der Waals surface area contributed by atoms with Crippen molar-refractivity contribution in [3.8, 4) is 5.82 Å². The number of nitrogen functional groups attached to an aromatic ring is 1. The van der Waals surface area contributed by atoms with Gasteiger partial charge in [0.1, 0.15) is 17.9 Å². The lowest BCUT2D eigenvalue weighted by atomic mass is 10.3. The van der Waals surface area contributed by atoms with Crippen molar-refractivity contribution in [3.05, 3.63) is 36.2 Å². The maximum atomic E-state index is 5.81. The van der Waals surface area contributed by atoms with E-state index in [1.54, 1.807) is 10.7 Å². The summed E-state index contributed by atoms with van der Waals surface area (Å²) in [6.07, 6.45) is 0. The summed E-state index contributed by atoms with van der Waals surface area (Å²) < 4.78 is 6.95. The fourth-order valence-electron chi connectivity index (χ4n) is 1.91. The molecular formula is C13H14N6O. The molecule has 7 heteroatoms. The highest BCUT2D eigenvalue weighted by Crippen LogP contribution is 2.15. The largest absolute Gasteiger partial charge is 0.384 e. The maximum absolute atomic E-state index is 5.81. The summed E-state index contributed by atoms with van der Waals surface area (Å²) in [5.74, 6) is 1.49. The van der Waals surface area contributed by atoms with Crippen LogP contribution in [0.15, 0.2) is 30.3 Å². The van der Waals surface area contributed by atoms with Gasteiger partial charge >= 0.3 is 0 Å². The Bertz CT molecular complexity index is 739. The van der Waals surface area contributed by atoms with Crippen LogP contribution in [0.5, 0.6) is 0 Å². The first-order valence-corrected chi connectivity index (χ1v) is 6.30. The number of fused-ring (bicyclic) bond motifs is 1. The average molecular weight is 270 g/mol. The topological polar surface area (TPSA) is 91.7 Å². The minimum atomic E-state index is 0.321. The van der Waals surface area contributed by atoms with Gasteiger partial charge in [-0.1, -0.05) is 17.3 Å². The molecule has 0 aliphatic rings. The molecule has 3 aromatic rings. The van der Waals surface area contributed by atoms with E-state index in [1.807, 2.05) is 31.2 Å². The molecule has 102 valence electrons. The molecule has 2 N–H and O–H groups in total. The van der Waals surface area contributed by atoms with E-state index in [9.17, 15) is 0 Å². The molecule has 3 rings (SSSR count). The number of hydrogen-bond acceptors (Lipinski definition) is 6. The molecule has 0 fully saturated rings. The van der Waals surface area contributed by atoms with E-state index in [-0.39, 0.29) is 0 Å². The van der Waals surface area contributed by atoms with Crippen molar-refractivity contribution in [2.75, 3.05) is 12.3 Å². The average Bonchev–Trinajstić information content (AvgIpc) is 2.88. The number of hydrogen-bond donors (Lipinski definition) is 1. The highest BCUT2D eigenvalue weighted by molar-refractivity contribution is 5.75. The Labute approximate surface area is 115 Å². The van der Waals surface area contributed by atoms with Crippen molar-refractivity contribution in [2.24, 2.45) is 0 Å². The number of para-hydroxylation sites is 1. The van der Waals surface area contributed by atoms with E-state index in [2.05, 4.69) is 20.3 Å².